The van der Waals surface area contributed by atoms with Gasteiger partial charge in [-0.3, -0.25) is 4.79 Å². The van der Waals surface area contributed by atoms with Gasteiger partial charge in [0.2, 0.25) is 0 Å². The molecule has 0 aliphatic rings. The maximum atomic E-state index is 14.3. The molecule has 3 nitrogen and oxygen atoms in total. The van der Waals surface area contributed by atoms with Gasteiger partial charge >= 0.3 is 0 Å². The Balaban J connectivity index is 1.93. The lowest BCUT2D eigenvalue weighted by Gasteiger charge is -2.30. The number of hydrogen-bond donors (Lipinski definition) is 1. The summed E-state index contributed by atoms with van der Waals surface area (Å²) in [7, 11) is 1.61. The average molecular weight is 507 g/mol. The second-order valence-corrected chi connectivity index (χ2v) is 12.0. The monoisotopic (exact) mass is 506 g/mol. The van der Waals surface area contributed by atoms with Crippen molar-refractivity contribution in [2.24, 2.45) is 0 Å². The van der Waals surface area contributed by atoms with Crippen LogP contribution in [0.3, 0.4) is 0 Å². The van der Waals surface area contributed by atoms with Crippen molar-refractivity contribution in [1.29, 1.82) is 0 Å². The lowest BCUT2D eigenvalue weighted by Crippen LogP contribution is -2.21. The molecule has 0 amide bonds. The number of ether oxygens (including phenoxy) is 1. The average Bonchev–Trinajstić information content (AvgIpc) is 2.89. The molecule has 4 aromatic rings. The Bertz CT molecular complexity index is 1380. The van der Waals surface area contributed by atoms with E-state index < -0.39 is 5.92 Å². The summed E-state index contributed by atoms with van der Waals surface area (Å²) in [5.41, 5.74) is 5.66. The first-order valence-electron chi connectivity index (χ1n) is 13.1. The van der Waals surface area contributed by atoms with Crippen molar-refractivity contribution in [3.05, 3.63) is 119 Å². The lowest BCUT2D eigenvalue weighted by atomic mass is 9.75. The molecule has 0 saturated heterocycles. The lowest BCUT2D eigenvalue weighted by molar-refractivity contribution is 0.0973. The number of phenolic OH excluding ortho intramolecular Hbond substituents is 1. The second-order valence-electron chi connectivity index (χ2n) is 12.0. The second kappa shape index (κ2) is 10.5. The molecule has 3 heteroatoms. The Morgan fingerprint density at radius 3 is 1.76 bits per heavy atom. The van der Waals surface area contributed by atoms with E-state index in [2.05, 4.69) is 65.8 Å². The number of carbonyl (C=O) groups is 1. The molecular weight excluding hydrogens is 468 g/mol. The molecule has 4 aromatic carbocycles. The first-order valence-corrected chi connectivity index (χ1v) is 13.1. The highest BCUT2D eigenvalue weighted by atomic mass is 16.5. The van der Waals surface area contributed by atoms with E-state index in [1.165, 1.54) is 0 Å². The first-order chi connectivity index (χ1) is 17.9. The van der Waals surface area contributed by atoms with Crippen LogP contribution < -0.4 is 4.74 Å². The molecule has 0 heterocycles. The highest BCUT2D eigenvalue weighted by Gasteiger charge is 2.31. The highest BCUT2D eigenvalue weighted by Crippen LogP contribution is 2.43. The van der Waals surface area contributed by atoms with E-state index in [4.69, 9.17) is 4.74 Å². The minimum atomic E-state index is -0.547. The highest BCUT2D eigenvalue weighted by molar-refractivity contribution is 6.03. The van der Waals surface area contributed by atoms with E-state index in [0.717, 1.165) is 33.4 Å². The molecule has 0 fully saturated rings. The van der Waals surface area contributed by atoms with Gasteiger partial charge in [-0.2, -0.15) is 0 Å². The quantitative estimate of drug-likeness (QED) is 0.266. The maximum Gasteiger partial charge on any atom is 0.174 e. The zero-order valence-electron chi connectivity index (χ0n) is 23.5. The van der Waals surface area contributed by atoms with Crippen LogP contribution in [0.2, 0.25) is 0 Å². The molecular formula is C35H38O3. The Morgan fingerprint density at radius 1 is 0.684 bits per heavy atom. The first kappa shape index (κ1) is 27.2. The van der Waals surface area contributed by atoms with Crippen LogP contribution in [-0.2, 0) is 10.8 Å². The summed E-state index contributed by atoms with van der Waals surface area (Å²) in [5.74, 6) is 0.391. The standard InChI is InChI=1S/C35H38O3/c1-34(2,3)29-21-27(22-30(33(29)37)35(4,5)6)31(32(36)26-14-11-15-28(20-26)38-7)25-18-16-24(17-19-25)23-12-9-8-10-13-23/h8-22,31,37H,1-7H3. The number of rotatable bonds is 6. The number of carbonyl (C=O) groups excluding carboxylic acids is 1. The number of phenols is 1. The molecule has 0 saturated carbocycles. The van der Waals surface area contributed by atoms with Gasteiger partial charge in [0.15, 0.2) is 5.78 Å². The van der Waals surface area contributed by atoms with Crippen LogP contribution in [0.5, 0.6) is 11.5 Å². The summed E-state index contributed by atoms with van der Waals surface area (Å²) in [5, 5.41) is 11.3. The van der Waals surface area contributed by atoms with Crippen molar-refractivity contribution in [1.82, 2.24) is 0 Å². The van der Waals surface area contributed by atoms with Gasteiger partial charge < -0.3 is 9.84 Å². The van der Waals surface area contributed by atoms with Crippen molar-refractivity contribution >= 4 is 5.78 Å². The zero-order chi connectivity index (χ0) is 27.7. The largest absolute Gasteiger partial charge is 0.507 e. The molecule has 0 bridgehead atoms. The van der Waals surface area contributed by atoms with E-state index in [1.54, 1.807) is 13.2 Å². The summed E-state index contributed by atoms with van der Waals surface area (Å²) in [6.45, 7) is 12.5. The van der Waals surface area contributed by atoms with Crippen LogP contribution in [0, 0.1) is 0 Å². The van der Waals surface area contributed by atoms with Crippen molar-refractivity contribution < 1.29 is 14.6 Å². The van der Waals surface area contributed by atoms with E-state index >= 15 is 0 Å². The molecule has 1 N–H and O–H groups in total. The Hall–Kier alpha value is -3.85. The smallest absolute Gasteiger partial charge is 0.174 e. The van der Waals surface area contributed by atoms with Crippen molar-refractivity contribution in [2.45, 2.75) is 58.3 Å². The summed E-state index contributed by atoms with van der Waals surface area (Å²) >= 11 is 0. The Morgan fingerprint density at radius 2 is 1.24 bits per heavy atom. The molecule has 196 valence electrons. The molecule has 1 unspecified atom stereocenters. The van der Waals surface area contributed by atoms with Gasteiger partial charge in [-0.05, 0) is 56.3 Å². The van der Waals surface area contributed by atoms with Crippen molar-refractivity contribution in [2.75, 3.05) is 7.11 Å². The van der Waals surface area contributed by atoms with E-state index in [-0.39, 0.29) is 16.6 Å². The van der Waals surface area contributed by atoms with Gasteiger partial charge in [-0.15, -0.1) is 0 Å². The topological polar surface area (TPSA) is 46.5 Å². The third-order valence-electron chi connectivity index (χ3n) is 7.05. The van der Waals surface area contributed by atoms with Crippen molar-refractivity contribution in [3.63, 3.8) is 0 Å². The number of aromatic hydroxyl groups is 1. The predicted octanol–water partition coefficient (Wildman–Crippen LogP) is 8.68. The van der Waals surface area contributed by atoms with Crippen LogP contribution in [0.25, 0.3) is 11.1 Å². The summed E-state index contributed by atoms with van der Waals surface area (Å²) in [6.07, 6.45) is 0. The van der Waals surface area contributed by atoms with Gasteiger partial charge in [0, 0.05) is 5.56 Å². The van der Waals surface area contributed by atoms with Gasteiger partial charge in [-0.1, -0.05) is 120 Å². The molecule has 0 aromatic heterocycles. The Labute approximate surface area is 227 Å². The minimum absolute atomic E-state index is 0.0123. The normalized spacial score (nSPS) is 12.7. The fourth-order valence-corrected chi connectivity index (χ4v) is 4.90. The molecule has 0 spiro atoms. The third-order valence-corrected chi connectivity index (χ3v) is 7.05. The number of hydrogen-bond acceptors (Lipinski definition) is 3. The Kier molecular flexibility index (Phi) is 7.51. The number of ketones is 1. The molecule has 0 aliphatic heterocycles. The predicted molar refractivity (Wildman–Crippen MR) is 157 cm³/mol. The molecule has 1 atom stereocenters. The minimum Gasteiger partial charge on any atom is -0.507 e. The molecule has 0 aliphatic carbocycles. The molecule has 38 heavy (non-hydrogen) atoms. The van der Waals surface area contributed by atoms with Gasteiger partial charge in [0.1, 0.15) is 11.5 Å². The van der Waals surface area contributed by atoms with E-state index in [0.29, 0.717) is 17.1 Å². The van der Waals surface area contributed by atoms with E-state index in [9.17, 15) is 9.90 Å². The maximum absolute atomic E-state index is 14.3. The summed E-state index contributed by atoms with van der Waals surface area (Å²) < 4.78 is 5.42. The van der Waals surface area contributed by atoms with Crippen LogP contribution in [0.15, 0.2) is 91.0 Å². The van der Waals surface area contributed by atoms with E-state index in [1.807, 2.05) is 60.7 Å². The SMILES string of the molecule is COc1cccc(C(=O)C(c2ccc(-c3ccccc3)cc2)c2cc(C(C)(C)C)c(O)c(C(C)(C)C)c2)c1. The van der Waals surface area contributed by atoms with Crippen LogP contribution in [0.4, 0.5) is 0 Å². The van der Waals surface area contributed by atoms with Crippen LogP contribution >= 0.6 is 0 Å². The number of methoxy groups -OCH3 is 1. The summed E-state index contributed by atoms with van der Waals surface area (Å²) in [6, 6.07) is 29.8. The van der Waals surface area contributed by atoms with Gasteiger partial charge in [0.25, 0.3) is 0 Å². The number of benzene rings is 4. The van der Waals surface area contributed by atoms with Crippen molar-refractivity contribution in [3.8, 4) is 22.6 Å². The fourth-order valence-electron chi connectivity index (χ4n) is 4.90. The molecule has 0 radical (unpaired) electrons. The van der Waals surface area contributed by atoms with Crippen LogP contribution in [0.1, 0.15) is 80.1 Å². The summed E-state index contributed by atoms with van der Waals surface area (Å²) in [4.78, 5) is 14.3. The fraction of sp³-hybridized carbons (Fsp3) is 0.286. The third kappa shape index (κ3) is 5.67. The van der Waals surface area contributed by atoms with Crippen LogP contribution in [-0.4, -0.2) is 18.0 Å². The number of Topliss-reactive ketones (excluding diaryl/α,β-unsaturated/α-hetero) is 1. The zero-order valence-corrected chi connectivity index (χ0v) is 23.5. The van der Waals surface area contributed by atoms with Gasteiger partial charge in [-0.25, -0.2) is 0 Å². The van der Waals surface area contributed by atoms with Gasteiger partial charge in [0.05, 0.1) is 13.0 Å². The molecule has 4 rings (SSSR count).